The van der Waals surface area contributed by atoms with E-state index in [9.17, 15) is 19.5 Å². The number of aromatic carboxylic acids is 1. The van der Waals surface area contributed by atoms with Crippen LogP contribution in [0.5, 0.6) is 0 Å². The normalized spacial score (nSPS) is 11.6. The summed E-state index contributed by atoms with van der Waals surface area (Å²) in [5.41, 5.74) is -0.332. The first-order valence-electron chi connectivity index (χ1n) is 7.99. The van der Waals surface area contributed by atoms with Crippen LogP contribution >= 0.6 is 0 Å². The molecule has 0 saturated carbocycles. The minimum absolute atomic E-state index is 0.155. The number of hydrogen-bond acceptors (Lipinski definition) is 5. The Balaban J connectivity index is 2.05. The van der Waals surface area contributed by atoms with E-state index >= 15 is 0 Å². The van der Waals surface area contributed by atoms with Gasteiger partial charge < -0.3 is 10.4 Å². The highest BCUT2D eigenvalue weighted by atomic mass is 16.4. The molecular formula is C19H14N4O4. The number of fused-ring (bicyclic) bond motifs is 1. The second kappa shape index (κ2) is 7.09. The number of rotatable bonds is 4. The van der Waals surface area contributed by atoms with Crippen LogP contribution in [-0.2, 0) is 4.79 Å². The smallest absolute Gasteiger partial charge is 0.357 e. The molecule has 1 aromatic heterocycles. The molecule has 2 N–H and O–H groups in total. The monoisotopic (exact) mass is 362 g/mol. The summed E-state index contributed by atoms with van der Waals surface area (Å²) >= 11 is 0. The summed E-state index contributed by atoms with van der Waals surface area (Å²) in [6, 6.07) is 13.5. The van der Waals surface area contributed by atoms with Crippen LogP contribution in [0.1, 0.15) is 29.0 Å². The molecule has 8 heteroatoms. The summed E-state index contributed by atoms with van der Waals surface area (Å²) in [7, 11) is 0. The lowest BCUT2D eigenvalue weighted by molar-refractivity contribution is -0.119. The molecule has 0 spiro atoms. The van der Waals surface area contributed by atoms with Crippen molar-refractivity contribution in [3.8, 4) is 6.07 Å². The Hall–Kier alpha value is -3.99. The largest absolute Gasteiger partial charge is 0.476 e. The Morgan fingerprint density at radius 1 is 1.15 bits per heavy atom. The fraction of sp³-hybridized carbons (Fsp3) is 0.105. The van der Waals surface area contributed by atoms with Crippen molar-refractivity contribution in [3.63, 3.8) is 0 Å². The van der Waals surface area contributed by atoms with Crippen LogP contribution in [0.25, 0.3) is 10.8 Å². The van der Waals surface area contributed by atoms with Crippen LogP contribution in [0, 0.1) is 11.3 Å². The zero-order chi connectivity index (χ0) is 19.6. The number of anilines is 1. The van der Waals surface area contributed by atoms with E-state index in [0.29, 0.717) is 5.69 Å². The van der Waals surface area contributed by atoms with Gasteiger partial charge in [0.15, 0.2) is 5.69 Å². The Kier molecular flexibility index (Phi) is 4.68. The molecule has 27 heavy (non-hydrogen) atoms. The lowest BCUT2D eigenvalue weighted by atomic mass is 10.1. The molecule has 3 aromatic rings. The van der Waals surface area contributed by atoms with E-state index in [2.05, 4.69) is 10.4 Å². The molecule has 0 aliphatic carbocycles. The molecule has 2 aromatic carbocycles. The SMILES string of the molecule is C[C@@H](C(=O)Nc1ccccc1C#N)n1nc(C(=O)O)c2ccccc2c1=O. The number of benzene rings is 2. The molecule has 3 rings (SSSR count). The standard InChI is InChI=1S/C19H14N4O4/c1-11(17(24)21-15-9-5-2-6-12(15)10-20)23-18(25)14-8-4-3-7-13(14)16(22-23)19(26)27/h2-9,11H,1H3,(H,21,24)(H,26,27)/t11-/m0/s1. The molecule has 134 valence electrons. The Labute approximate surface area is 153 Å². The van der Waals surface area contributed by atoms with Gasteiger partial charge in [-0.25, -0.2) is 9.48 Å². The van der Waals surface area contributed by atoms with Crippen molar-refractivity contribution in [1.29, 1.82) is 5.26 Å². The maximum absolute atomic E-state index is 12.7. The predicted octanol–water partition coefficient (Wildman–Crippen LogP) is 2.17. The summed E-state index contributed by atoms with van der Waals surface area (Å²) in [4.78, 5) is 36.8. The minimum Gasteiger partial charge on any atom is -0.476 e. The van der Waals surface area contributed by atoms with Crippen LogP contribution in [0.2, 0.25) is 0 Å². The summed E-state index contributed by atoms with van der Waals surface area (Å²) < 4.78 is 0.843. The molecule has 1 atom stereocenters. The third-order valence-corrected chi connectivity index (χ3v) is 4.08. The lowest BCUT2D eigenvalue weighted by Gasteiger charge is -2.16. The van der Waals surface area contributed by atoms with Gasteiger partial charge in [-0.3, -0.25) is 9.59 Å². The highest BCUT2D eigenvalue weighted by molar-refractivity contribution is 6.01. The average molecular weight is 362 g/mol. The Bertz CT molecular complexity index is 1160. The van der Waals surface area contributed by atoms with Crippen molar-refractivity contribution >= 4 is 28.3 Å². The number of carboxylic acids is 1. The number of amides is 1. The van der Waals surface area contributed by atoms with Crippen molar-refractivity contribution < 1.29 is 14.7 Å². The van der Waals surface area contributed by atoms with Crippen LogP contribution < -0.4 is 10.9 Å². The molecule has 1 amide bonds. The fourth-order valence-corrected chi connectivity index (χ4v) is 2.66. The first kappa shape index (κ1) is 17.8. The van der Waals surface area contributed by atoms with Gasteiger partial charge in [0.2, 0.25) is 5.91 Å². The molecule has 8 nitrogen and oxygen atoms in total. The quantitative estimate of drug-likeness (QED) is 0.733. The summed E-state index contributed by atoms with van der Waals surface area (Å²) in [6.45, 7) is 1.43. The summed E-state index contributed by atoms with van der Waals surface area (Å²) in [5, 5.41) is 25.3. The first-order chi connectivity index (χ1) is 12.9. The van der Waals surface area contributed by atoms with Crippen molar-refractivity contribution in [3.05, 3.63) is 70.1 Å². The van der Waals surface area contributed by atoms with E-state index in [1.165, 1.54) is 19.1 Å². The van der Waals surface area contributed by atoms with Gasteiger partial charge in [0, 0.05) is 5.39 Å². The number of aromatic nitrogens is 2. The average Bonchev–Trinajstić information content (AvgIpc) is 2.68. The van der Waals surface area contributed by atoms with Crippen molar-refractivity contribution in [1.82, 2.24) is 9.78 Å². The third-order valence-electron chi connectivity index (χ3n) is 4.08. The molecule has 0 aliphatic rings. The molecule has 0 unspecified atom stereocenters. The number of hydrogen-bond donors (Lipinski definition) is 2. The van der Waals surface area contributed by atoms with E-state index < -0.39 is 23.5 Å². The Morgan fingerprint density at radius 3 is 2.44 bits per heavy atom. The van der Waals surface area contributed by atoms with Gasteiger partial charge >= 0.3 is 5.97 Å². The molecule has 0 bridgehead atoms. The lowest BCUT2D eigenvalue weighted by Crippen LogP contribution is -2.35. The van der Waals surface area contributed by atoms with Gasteiger partial charge in [0.25, 0.3) is 5.56 Å². The molecule has 0 radical (unpaired) electrons. The second-order valence-corrected chi connectivity index (χ2v) is 5.77. The highest BCUT2D eigenvalue weighted by Gasteiger charge is 2.23. The molecule has 1 heterocycles. The van der Waals surface area contributed by atoms with Crippen LogP contribution in [-0.4, -0.2) is 26.8 Å². The number of carbonyl (C=O) groups is 2. The third kappa shape index (κ3) is 3.26. The van der Waals surface area contributed by atoms with Crippen molar-refractivity contribution in [2.24, 2.45) is 0 Å². The van der Waals surface area contributed by atoms with Gasteiger partial charge in [-0.15, -0.1) is 0 Å². The van der Waals surface area contributed by atoms with Gasteiger partial charge in [-0.05, 0) is 25.1 Å². The van der Waals surface area contributed by atoms with Gasteiger partial charge in [0.1, 0.15) is 12.1 Å². The van der Waals surface area contributed by atoms with Gasteiger partial charge in [0.05, 0.1) is 16.6 Å². The number of para-hydroxylation sites is 1. The van der Waals surface area contributed by atoms with Crippen LogP contribution in [0.4, 0.5) is 5.69 Å². The fourth-order valence-electron chi connectivity index (χ4n) is 2.66. The first-order valence-corrected chi connectivity index (χ1v) is 7.99. The van der Waals surface area contributed by atoms with Gasteiger partial charge in [-0.2, -0.15) is 10.4 Å². The van der Waals surface area contributed by atoms with E-state index in [1.807, 2.05) is 6.07 Å². The number of nitrogens with one attached hydrogen (secondary N) is 1. The Morgan fingerprint density at radius 2 is 1.78 bits per heavy atom. The molecular weight excluding hydrogens is 348 g/mol. The maximum Gasteiger partial charge on any atom is 0.357 e. The summed E-state index contributed by atoms with van der Waals surface area (Å²) in [6.07, 6.45) is 0. The number of carboxylic acid groups (broad SMARTS) is 1. The predicted molar refractivity (Wildman–Crippen MR) is 97.5 cm³/mol. The molecule has 0 saturated heterocycles. The molecule has 0 fully saturated rings. The molecule has 0 aliphatic heterocycles. The zero-order valence-corrected chi connectivity index (χ0v) is 14.2. The van der Waals surface area contributed by atoms with E-state index in [4.69, 9.17) is 5.26 Å². The highest BCUT2D eigenvalue weighted by Crippen LogP contribution is 2.18. The topological polar surface area (TPSA) is 125 Å². The van der Waals surface area contributed by atoms with E-state index in [-0.39, 0.29) is 22.0 Å². The summed E-state index contributed by atoms with van der Waals surface area (Å²) in [5.74, 6) is -1.90. The number of carbonyl (C=O) groups excluding carboxylic acids is 1. The van der Waals surface area contributed by atoms with E-state index in [0.717, 1.165) is 4.68 Å². The van der Waals surface area contributed by atoms with Crippen molar-refractivity contribution in [2.45, 2.75) is 13.0 Å². The van der Waals surface area contributed by atoms with E-state index in [1.54, 1.807) is 36.4 Å². The van der Waals surface area contributed by atoms with Gasteiger partial charge in [-0.1, -0.05) is 30.3 Å². The second-order valence-electron chi connectivity index (χ2n) is 5.77. The minimum atomic E-state index is -1.30. The maximum atomic E-state index is 12.7. The number of nitriles is 1. The number of nitrogens with zero attached hydrogens (tertiary/aromatic N) is 3. The van der Waals surface area contributed by atoms with Crippen LogP contribution in [0.3, 0.4) is 0 Å². The van der Waals surface area contributed by atoms with Crippen molar-refractivity contribution in [2.75, 3.05) is 5.32 Å². The zero-order valence-electron chi connectivity index (χ0n) is 14.2. The van der Waals surface area contributed by atoms with Crippen LogP contribution in [0.15, 0.2) is 53.3 Å².